The van der Waals surface area contributed by atoms with Crippen molar-refractivity contribution in [3.63, 3.8) is 0 Å². The van der Waals surface area contributed by atoms with Gasteiger partial charge in [0.25, 0.3) is 0 Å². The number of carbonyl (C=O) groups excluding carboxylic acids is 1. The number of nitrogens with zero attached hydrogens (tertiary/aromatic N) is 3. The molecule has 0 fully saturated rings. The zero-order valence-electron chi connectivity index (χ0n) is 11.5. The summed E-state index contributed by atoms with van der Waals surface area (Å²) < 4.78 is 0. The van der Waals surface area contributed by atoms with Gasteiger partial charge in [0.2, 0.25) is 5.96 Å². The van der Waals surface area contributed by atoms with Crippen LogP contribution in [0.4, 0.5) is 4.79 Å². The average Bonchev–Trinajstić information content (AvgIpc) is 2.43. The average molecular weight is 263 g/mol. The first kappa shape index (κ1) is 14.9. The molecule has 6 nitrogen and oxygen atoms in total. The molecule has 19 heavy (non-hydrogen) atoms. The maximum absolute atomic E-state index is 11.5. The van der Waals surface area contributed by atoms with Crippen molar-refractivity contribution in [2.75, 3.05) is 20.1 Å². The van der Waals surface area contributed by atoms with Gasteiger partial charge in [0, 0.05) is 32.5 Å². The Labute approximate surface area is 113 Å². The van der Waals surface area contributed by atoms with Crippen molar-refractivity contribution in [1.29, 1.82) is 0 Å². The molecule has 3 N–H and O–H groups in total. The topological polar surface area (TPSA) is 83.6 Å². The number of pyridine rings is 1. The minimum Gasteiger partial charge on any atom is -0.369 e. The molecule has 1 aromatic heterocycles. The predicted molar refractivity (Wildman–Crippen MR) is 75.9 cm³/mol. The van der Waals surface area contributed by atoms with Crippen LogP contribution in [0.1, 0.15) is 18.9 Å². The molecule has 1 rings (SSSR count). The van der Waals surface area contributed by atoms with Crippen molar-refractivity contribution in [3.05, 3.63) is 30.1 Å². The largest absolute Gasteiger partial charge is 0.369 e. The Morgan fingerprint density at radius 2 is 2.16 bits per heavy atom. The van der Waals surface area contributed by atoms with Gasteiger partial charge in [0.15, 0.2) is 0 Å². The van der Waals surface area contributed by atoms with E-state index in [-0.39, 0.29) is 5.96 Å². The van der Waals surface area contributed by atoms with Crippen LogP contribution in [0, 0.1) is 0 Å². The molecule has 0 atom stereocenters. The number of carbonyl (C=O) groups is 1. The fourth-order valence-electron chi connectivity index (χ4n) is 1.43. The van der Waals surface area contributed by atoms with Crippen LogP contribution in [0.5, 0.6) is 0 Å². The summed E-state index contributed by atoms with van der Waals surface area (Å²) in [5.41, 5.74) is 6.84. The lowest BCUT2D eigenvalue weighted by Gasteiger charge is -2.14. The van der Waals surface area contributed by atoms with Gasteiger partial charge in [-0.1, -0.05) is 0 Å². The van der Waals surface area contributed by atoms with Gasteiger partial charge in [0.1, 0.15) is 0 Å². The van der Waals surface area contributed by atoms with Crippen molar-refractivity contribution in [1.82, 2.24) is 15.2 Å². The standard InChI is InChI=1S/C13H21N5O/c1-3-18(2)12(14)17-13(19)16-8-4-5-11-6-9-15-10-7-11/h6-7,9-10H,3-5,8H2,1-2H3,(H3,14,16,17,19). The SMILES string of the molecule is CCN(C)C(N)=NC(=O)NCCCc1ccncc1. The molecule has 1 heterocycles. The number of nitrogens with one attached hydrogen (secondary N) is 1. The molecular formula is C13H21N5O. The van der Waals surface area contributed by atoms with Gasteiger partial charge in [-0.05, 0) is 37.5 Å². The third-order valence-electron chi connectivity index (χ3n) is 2.75. The molecule has 0 aliphatic rings. The van der Waals surface area contributed by atoms with Crippen LogP contribution in [0.15, 0.2) is 29.5 Å². The fraction of sp³-hybridized carbons (Fsp3) is 0.462. The van der Waals surface area contributed by atoms with E-state index in [1.165, 1.54) is 5.56 Å². The normalized spacial score (nSPS) is 11.2. The zero-order chi connectivity index (χ0) is 14.1. The molecule has 0 spiro atoms. The molecular weight excluding hydrogens is 242 g/mol. The van der Waals surface area contributed by atoms with E-state index >= 15 is 0 Å². The van der Waals surface area contributed by atoms with Gasteiger partial charge in [-0.3, -0.25) is 4.98 Å². The second-order valence-electron chi connectivity index (χ2n) is 4.18. The molecule has 0 saturated carbocycles. The Morgan fingerprint density at radius 1 is 1.47 bits per heavy atom. The third-order valence-corrected chi connectivity index (χ3v) is 2.75. The smallest absolute Gasteiger partial charge is 0.344 e. The Kier molecular flexibility index (Phi) is 6.35. The van der Waals surface area contributed by atoms with Gasteiger partial charge in [-0.25, -0.2) is 4.79 Å². The summed E-state index contributed by atoms with van der Waals surface area (Å²) in [6.07, 6.45) is 5.28. The van der Waals surface area contributed by atoms with E-state index in [0.717, 1.165) is 12.8 Å². The lowest BCUT2D eigenvalue weighted by molar-refractivity contribution is 0.248. The molecule has 2 amide bonds. The van der Waals surface area contributed by atoms with E-state index in [2.05, 4.69) is 15.3 Å². The molecule has 0 saturated heterocycles. The van der Waals surface area contributed by atoms with Crippen LogP contribution in [0.25, 0.3) is 0 Å². The predicted octanol–water partition coefficient (Wildman–Crippen LogP) is 0.990. The van der Waals surface area contributed by atoms with E-state index < -0.39 is 6.03 Å². The number of hydrogen-bond donors (Lipinski definition) is 2. The summed E-state index contributed by atoms with van der Waals surface area (Å²) in [4.78, 5) is 20.9. The summed E-state index contributed by atoms with van der Waals surface area (Å²) >= 11 is 0. The van der Waals surface area contributed by atoms with E-state index in [1.54, 1.807) is 24.3 Å². The van der Waals surface area contributed by atoms with Crippen LogP contribution in [0.3, 0.4) is 0 Å². The van der Waals surface area contributed by atoms with Crippen LogP contribution in [-0.2, 0) is 6.42 Å². The van der Waals surface area contributed by atoms with Crippen molar-refractivity contribution in [3.8, 4) is 0 Å². The van der Waals surface area contributed by atoms with Gasteiger partial charge in [0.05, 0.1) is 0 Å². The third kappa shape index (κ3) is 5.85. The summed E-state index contributed by atoms with van der Waals surface area (Å²) in [5, 5.41) is 2.71. The highest BCUT2D eigenvalue weighted by Gasteiger charge is 2.02. The molecule has 6 heteroatoms. The highest BCUT2D eigenvalue weighted by Crippen LogP contribution is 1.99. The van der Waals surface area contributed by atoms with Crippen molar-refractivity contribution >= 4 is 12.0 Å². The second-order valence-corrected chi connectivity index (χ2v) is 4.18. The number of urea groups is 1. The van der Waals surface area contributed by atoms with Crippen molar-refractivity contribution in [2.24, 2.45) is 10.7 Å². The minimum atomic E-state index is -0.396. The van der Waals surface area contributed by atoms with Crippen LogP contribution >= 0.6 is 0 Å². The minimum absolute atomic E-state index is 0.231. The van der Waals surface area contributed by atoms with Crippen molar-refractivity contribution in [2.45, 2.75) is 19.8 Å². The Morgan fingerprint density at radius 3 is 2.79 bits per heavy atom. The Hall–Kier alpha value is -2.11. The quantitative estimate of drug-likeness (QED) is 0.471. The maximum Gasteiger partial charge on any atom is 0.344 e. The molecule has 0 aromatic carbocycles. The first-order valence-electron chi connectivity index (χ1n) is 6.35. The molecule has 0 unspecified atom stereocenters. The number of hydrogen-bond acceptors (Lipinski definition) is 2. The molecule has 0 radical (unpaired) electrons. The molecule has 1 aromatic rings. The number of aryl methyl sites for hydroxylation is 1. The number of aromatic nitrogens is 1. The molecule has 0 aliphatic heterocycles. The highest BCUT2D eigenvalue weighted by atomic mass is 16.2. The highest BCUT2D eigenvalue weighted by molar-refractivity contribution is 5.91. The van der Waals surface area contributed by atoms with E-state index in [4.69, 9.17) is 5.73 Å². The van der Waals surface area contributed by atoms with Crippen molar-refractivity contribution < 1.29 is 4.79 Å². The number of rotatable bonds is 5. The monoisotopic (exact) mass is 263 g/mol. The summed E-state index contributed by atoms with van der Waals surface area (Å²) in [7, 11) is 1.79. The Balaban J connectivity index is 2.24. The fourth-order valence-corrected chi connectivity index (χ4v) is 1.43. The molecule has 0 aliphatic carbocycles. The maximum atomic E-state index is 11.5. The number of aliphatic imine (C=N–C) groups is 1. The summed E-state index contributed by atoms with van der Waals surface area (Å²) in [5.74, 6) is 0.231. The lowest BCUT2D eigenvalue weighted by Crippen LogP contribution is -2.36. The summed E-state index contributed by atoms with van der Waals surface area (Å²) in [6.45, 7) is 3.23. The van der Waals surface area contributed by atoms with E-state index in [0.29, 0.717) is 13.1 Å². The number of nitrogens with two attached hydrogens (primary N) is 1. The van der Waals surface area contributed by atoms with E-state index in [1.807, 2.05) is 19.1 Å². The first-order chi connectivity index (χ1) is 9.13. The summed E-state index contributed by atoms with van der Waals surface area (Å²) in [6, 6.07) is 3.54. The van der Waals surface area contributed by atoms with Gasteiger partial charge < -0.3 is 16.0 Å². The number of guanidine groups is 1. The first-order valence-corrected chi connectivity index (χ1v) is 6.35. The molecule has 104 valence electrons. The van der Waals surface area contributed by atoms with Gasteiger partial charge >= 0.3 is 6.03 Å². The Bertz CT molecular complexity index is 418. The molecule has 0 bridgehead atoms. The van der Waals surface area contributed by atoms with Gasteiger partial charge in [-0.2, -0.15) is 4.99 Å². The van der Waals surface area contributed by atoms with Gasteiger partial charge in [-0.15, -0.1) is 0 Å². The van der Waals surface area contributed by atoms with Crippen LogP contribution < -0.4 is 11.1 Å². The zero-order valence-corrected chi connectivity index (χ0v) is 11.5. The van der Waals surface area contributed by atoms with Crippen LogP contribution in [-0.4, -0.2) is 42.0 Å². The van der Waals surface area contributed by atoms with E-state index in [9.17, 15) is 4.79 Å². The number of amides is 2. The second kappa shape index (κ2) is 8.07. The van der Waals surface area contributed by atoms with Crippen LogP contribution in [0.2, 0.25) is 0 Å². The lowest BCUT2D eigenvalue weighted by atomic mass is 10.1.